The predicted octanol–water partition coefficient (Wildman–Crippen LogP) is 1.96. The molecule has 0 aliphatic carbocycles. The number of hydrogen-bond donors (Lipinski definition) is 2. The van der Waals surface area contributed by atoms with Gasteiger partial charge in [-0.05, 0) is 31.2 Å². The van der Waals surface area contributed by atoms with E-state index in [1.54, 1.807) is 6.20 Å². The van der Waals surface area contributed by atoms with Crippen LogP contribution in [0, 0.1) is 13.8 Å². The molecule has 0 fully saturated rings. The maximum atomic E-state index is 11.3. The molecule has 0 unspecified atom stereocenters. The van der Waals surface area contributed by atoms with E-state index < -0.39 is 0 Å². The summed E-state index contributed by atoms with van der Waals surface area (Å²) in [6.45, 7) is 3.83. The van der Waals surface area contributed by atoms with Gasteiger partial charge in [0, 0.05) is 12.6 Å². The summed E-state index contributed by atoms with van der Waals surface area (Å²) in [6.07, 6.45) is 2.16. The molecule has 0 atom stereocenters. The molecule has 0 aliphatic rings. The molecular formula is C10H14N2OS. The van der Waals surface area contributed by atoms with E-state index in [1.807, 2.05) is 19.9 Å². The molecular weight excluding hydrogens is 196 g/mol. The van der Waals surface area contributed by atoms with Crippen molar-refractivity contribution in [3.8, 4) is 0 Å². The highest BCUT2D eigenvalue weighted by Crippen LogP contribution is 2.17. The Morgan fingerprint density at radius 3 is 2.86 bits per heavy atom. The van der Waals surface area contributed by atoms with Crippen LogP contribution in [0.1, 0.15) is 17.7 Å². The van der Waals surface area contributed by atoms with Crippen LogP contribution in [0.15, 0.2) is 12.3 Å². The summed E-state index contributed by atoms with van der Waals surface area (Å²) in [5.74, 6) is 0.545. The van der Waals surface area contributed by atoms with Gasteiger partial charge in [-0.1, -0.05) is 0 Å². The lowest BCUT2D eigenvalue weighted by atomic mass is 10.2. The highest BCUT2D eigenvalue weighted by molar-refractivity contribution is 7.80. The lowest BCUT2D eigenvalue weighted by Gasteiger charge is -2.09. The summed E-state index contributed by atoms with van der Waals surface area (Å²) in [7, 11) is 0. The SMILES string of the molecule is Cc1ccnc(C)c1NC(=O)CCS. The van der Waals surface area contributed by atoms with Crippen molar-refractivity contribution in [2.75, 3.05) is 11.1 Å². The molecule has 4 heteroatoms. The Morgan fingerprint density at radius 2 is 2.29 bits per heavy atom. The Labute approximate surface area is 89.3 Å². The molecule has 0 spiro atoms. The largest absolute Gasteiger partial charge is 0.324 e. The quantitative estimate of drug-likeness (QED) is 0.749. The molecule has 1 N–H and O–H groups in total. The molecule has 76 valence electrons. The number of amides is 1. The number of carbonyl (C=O) groups is 1. The van der Waals surface area contributed by atoms with Crippen molar-refractivity contribution in [3.05, 3.63) is 23.5 Å². The zero-order valence-corrected chi connectivity index (χ0v) is 9.27. The number of aromatic nitrogens is 1. The highest BCUT2D eigenvalue weighted by atomic mass is 32.1. The zero-order valence-electron chi connectivity index (χ0n) is 8.37. The van der Waals surface area contributed by atoms with Crippen LogP contribution in [0.4, 0.5) is 5.69 Å². The first-order chi connectivity index (χ1) is 6.65. The minimum atomic E-state index is -0.0146. The molecule has 1 aromatic rings. The van der Waals surface area contributed by atoms with Crippen LogP contribution in [-0.2, 0) is 4.79 Å². The predicted molar refractivity (Wildman–Crippen MR) is 60.8 cm³/mol. The number of aryl methyl sites for hydroxylation is 2. The van der Waals surface area contributed by atoms with E-state index in [4.69, 9.17) is 0 Å². The van der Waals surface area contributed by atoms with Gasteiger partial charge in [0.25, 0.3) is 0 Å². The second-order valence-electron chi connectivity index (χ2n) is 3.11. The molecule has 14 heavy (non-hydrogen) atoms. The number of nitrogens with one attached hydrogen (secondary N) is 1. The van der Waals surface area contributed by atoms with E-state index >= 15 is 0 Å². The van der Waals surface area contributed by atoms with Gasteiger partial charge in [-0.2, -0.15) is 12.6 Å². The fourth-order valence-electron chi connectivity index (χ4n) is 1.19. The smallest absolute Gasteiger partial charge is 0.225 e. The van der Waals surface area contributed by atoms with Crippen molar-refractivity contribution in [2.45, 2.75) is 20.3 Å². The van der Waals surface area contributed by atoms with Gasteiger partial charge in [-0.3, -0.25) is 9.78 Å². The first-order valence-corrected chi connectivity index (χ1v) is 5.11. The second-order valence-corrected chi connectivity index (χ2v) is 3.56. The first-order valence-electron chi connectivity index (χ1n) is 4.48. The minimum Gasteiger partial charge on any atom is -0.324 e. The van der Waals surface area contributed by atoms with Crippen LogP contribution >= 0.6 is 12.6 Å². The maximum Gasteiger partial charge on any atom is 0.225 e. The highest BCUT2D eigenvalue weighted by Gasteiger charge is 2.06. The van der Waals surface area contributed by atoms with Crippen LogP contribution in [0.25, 0.3) is 0 Å². The molecule has 0 aromatic carbocycles. The van der Waals surface area contributed by atoms with E-state index in [1.165, 1.54) is 0 Å². The Morgan fingerprint density at radius 1 is 1.57 bits per heavy atom. The molecule has 0 saturated heterocycles. The van der Waals surface area contributed by atoms with E-state index in [9.17, 15) is 4.79 Å². The van der Waals surface area contributed by atoms with Crippen molar-refractivity contribution in [2.24, 2.45) is 0 Å². The monoisotopic (exact) mass is 210 g/mol. The molecule has 1 amide bonds. The van der Waals surface area contributed by atoms with E-state index in [0.717, 1.165) is 16.9 Å². The van der Waals surface area contributed by atoms with Crippen molar-refractivity contribution in [3.63, 3.8) is 0 Å². The summed E-state index contributed by atoms with van der Waals surface area (Å²) in [5.41, 5.74) is 2.70. The third kappa shape index (κ3) is 2.73. The van der Waals surface area contributed by atoms with Crippen molar-refractivity contribution >= 4 is 24.2 Å². The lowest BCUT2D eigenvalue weighted by molar-refractivity contribution is -0.115. The first kappa shape index (κ1) is 11.0. The Kier molecular flexibility index (Phi) is 3.95. The van der Waals surface area contributed by atoms with Crippen LogP contribution in [0.3, 0.4) is 0 Å². The molecule has 3 nitrogen and oxygen atoms in total. The van der Waals surface area contributed by atoms with Gasteiger partial charge < -0.3 is 5.32 Å². The third-order valence-corrected chi connectivity index (χ3v) is 2.18. The fourth-order valence-corrected chi connectivity index (χ4v) is 1.39. The average molecular weight is 210 g/mol. The molecule has 1 rings (SSSR count). The maximum absolute atomic E-state index is 11.3. The van der Waals surface area contributed by atoms with E-state index in [-0.39, 0.29) is 5.91 Å². The average Bonchev–Trinajstić information content (AvgIpc) is 2.12. The van der Waals surface area contributed by atoms with Gasteiger partial charge in [0.05, 0.1) is 11.4 Å². The number of hydrogen-bond acceptors (Lipinski definition) is 3. The fraction of sp³-hybridized carbons (Fsp3) is 0.400. The lowest BCUT2D eigenvalue weighted by Crippen LogP contribution is -2.14. The summed E-state index contributed by atoms with van der Waals surface area (Å²) in [5, 5.41) is 2.83. The van der Waals surface area contributed by atoms with Gasteiger partial charge >= 0.3 is 0 Å². The summed E-state index contributed by atoms with van der Waals surface area (Å²) >= 11 is 4.00. The second kappa shape index (κ2) is 5.00. The Hall–Kier alpha value is -1.03. The molecule has 0 saturated carbocycles. The standard InChI is InChI=1S/C10H14N2OS/c1-7-3-5-11-8(2)10(7)12-9(13)4-6-14/h3,5,14H,4,6H2,1-2H3,(H,12,13). The van der Waals surface area contributed by atoms with Crippen LogP contribution in [0.5, 0.6) is 0 Å². The van der Waals surface area contributed by atoms with Gasteiger partial charge in [0.15, 0.2) is 0 Å². The van der Waals surface area contributed by atoms with Gasteiger partial charge in [0.1, 0.15) is 0 Å². The number of pyridine rings is 1. The number of nitrogens with zero attached hydrogens (tertiary/aromatic N) is 1. The molecule has 0 radical (unpaired) electrons. The number of anilines is 1. The summed E-state index contributed by atoms with van der Waals surface area (Å²) in [4.78, 5) is 15.4. The Bertz CT molecular complexity index is 319. The minimum absolute atomic E-state index is 0.0146. The zero-order chi connectivity index (χ0) is 10.6. The van der Waals surface area contributed by atoms with Crippen LogP contribution < -0.4 is 5.32 Å². The topological polar surface area (TPSA) is 42.0 Å². The number of rotatable bonds is 3. The van der Waals surface area contributed by atoms with Gasteiger partial charge in [-0.15, -0.1) is 0 Å². The van der Waals surface area contributed by atoms with E-state index in [2.05, 4.69) is 22.9 Å². The number of thiol groups is 1. The van der Waals surface area contributed by atoms with Gasteiger partial charge in [0.2, 0.25) is 5.91 Å². The molecule has 0 aliphatic heterocycles. The molecule has 1 aromatic heterocycles. The molecule has 1 heterocycles. The number of carbonyl (C=O) groups excluding carboxylic acids is 1. The summed E-state index contributed by atoms with van der Waals surface area (Å²) < 4.78 is 0. The van der Waals surface area contributed by atoms with Crippen LogP contribution in [-0.4, -0.2) is 16.6 Å². The third-order valence-electron chi connectivity index (χ3n) is 1.95. The van der Waals surface area contributed by atoms with Crippen LogP contribution in [0.2, 0.25) is 0 Å². The molecule has 0 bridgehead atoms. The van der Waals surface area contributed by atoms with Crippen molar-refractivity contribution < 1.29 is 4.79 Å². The van der Waals surface area contributed by atoms with Crippen molar-refractivity contribution in [1.29, 1.82) is 0 Å². The van der Waals surface area contributed by atoms with E-state index in [0.29, 0.717) is 12.2 Å². The normalized spacial score (nSPS) is 9.93. The van der Waals surface area contributed by atoms with Gasteiger partial charge in [-0.25, -0.2) is 0 Å². The Balaban J connectivity index is 2.80. The van der Waals surface area contributed by atoms with Crippen molar-refractivity contribution in [1.82, 2.24) is 4.98 Å². The summed E-state index contributed by atoms with van der Waals surface area (Å²) in [6, 6.07) is 1.88.